The molecule has 0 spiro atoms. The van der Waals surface area contributed by atoms with Crippen LogP contribution in [0.4, 0.5) is 0 Å². The number of hydrogen-bond acceptors (Lipinski definition) is 3. The first-order valence-corrected chi connectivity index (χ1v) is 8.21. The molecule has 3 heteroatoms. The second-order valence-electron chi connectivity index (χ2n) is 6.65. The minimum atomic E-state index is 0.144. The molecule has 1 aromatic heterocycles. The summed E-state index contributed by atoms with van der Waals surface area (Å²) < 4.78 is 0. The van der Waals surface area contributed by atoms with Gasteiger partial charge in [-0.3, -0.25) is 0 Å². The quantitative estimate of drug-likeness (QED) is 0.838. The zero-order chi connectivity index (χ0) is 13.9. The lowest BCUT2D eigenvalue weighted by atomic mass is 9.93. The molecule has 1 aromatic rings. The van der Waals surface area contributed by atoms with Crippen molar-refractivity contribution >= 4 is 11.3 Å². The van der Waals surface area contributed by atoms with Gasteiger partial charge in [-0.15, -0.1) is 11.3 Å². The summed E-state index contributed by atoms with van der Waals surface area (Å²) in [5, 5.41) is 3.37. The second kappa shape index (κ2) is 6.19. The number of rotatable bonds is 4. The Morgan fingerprint density at radius 1 is 1.32 bits per heavy atom. The van der Waals surface area contributed by atoms with Crippen molar-refractivity contribution in [3.63, 3.8) is 0 Å². The van der Waals surface area contributed by atoms with Crippen molar-refractivity contribution in [2.24, 2.45) is 5.73 Å². The Kier molecular flexibility index (Phi) is 4.80. The van der Waals surface area contributed by atoms with Crippen molar-refractivity contribution in [2.45, 2.75) is 70.8 Å². The maximum atomic E-state index is 6.28. The van der Waals surface area contributed by atoms with Crippen LogP contribution in [0.1, 0.15) is 63.6 Å². The highest BCUT2D eigenvalue weighted by Crippen LogP contribution is 2.26. The fraction of sp³-hybridized carbons (Fsp3) is 0.688. The van der Waals surface area contributed by atoms with Crippen LogP contribution in [0.2, 0.25) is 0 Å². The topological polar surface area (TPSA) is 38.9 Å². The first kappa shape index (κ1) is 14.7. The maximum Gasteiger partial charge on any atom is 0.0944 e. The lowest BCUT2D eigenvalue weighted by Gasteiger charge is -2.17. The number of allylic oxidation sites excluding steroid dienone is 1. The van der Waals surface area contributed by atoms with Crippen molar-refractivity contribution < 1.29 is 0 Å². The van der Waals surface area contributed by atoms with E-state index in [0.717, 1.165) is 12.8 Å². The standard InChI is InChI=1S/C16H26N2S/c1-16(2,3)14-11-19-15(18-14)10-13(17)9-12-7-5-4-6-8-12/h7,11,13H,4-6,8-10,17H2,1-3H3. The minimum absolute atomic E-state index is 0.144. The van der Waals surface area contributed by atoms with Gasteiger partial charge in [0.05, 0.1) is 10.7 Å². The number of thiazole rings is 1. The SMILES string of the molecule is CC(C)(C)c1csc(CC(N)CC2=CCCCC2)n1. The lowest BCUT2D eigenvalue weighted by molar-refractivity contribution is 0.565. The van der Waals surface area contributed by atoms with Crippen LogP contribution in [-0.4, -0.2) is 11.0 Å². The third kappa shape index (κ3) is 4.43. The van der Waals surface area contributed by atoms with E-state index in [0.29, 0.717) is 0 Å². The number of aromatic nitrogens is 1. The van der Waals surface area contributed by atoms with Crippen molar-refractivity contribution in [3.8, 4) is 0 Å². The van der Waals surface area contributed by atoms with E-state index in [-0.39, 0.29) is 11.5 Å². The van der Waals surface area contributed by atoms with E-state index < -0.39 is 0 Å². The summed E-state index contributed by atoms with van der Waals surface area (Å²) in [5.41, 5.74) is 9.18. The van der Waals surface area contributed by atoms with E-state index in [1.165, 1.54) is 36.4 Å². The Morgan fingerprint density at radius 2 is 2.11 bits per heavy atom. The van der Waals surface area contributed by atoms with Crippen molar-refractivity contribution in [2.75, 3.05) is 0 Å². The normalized spacial score (nSPS) is 18.2. The van der Waals surface area contributed by atoms with Gasteiger partial charge < -0.3 is 5.73 Å². The maximum absolute atomic E-state index is 6.28. The summed E-state index contributed by atoms with van der Waals surface area (Å²) >= 11 is 1.76. The molecular formula is C16H26N2S. The monoisotopic (exact) mass is 278 g/mol. The molecular weight excluding hydrogens is 252 g/mol. The van der Waals surface area contributed by atoms with E-state index in [4.69, 9.17) is 10.7 Å². The molecule has 0 aromatic carbocycles. The fourth-order valence-electron chi connectivity index (χ4n) is 2.47. The predicted molar refractivity (Wildman–Crippen MR) is 83.7 cm³/mol. The third-order valence-electron chi connectivity index (χ3n) is 3.67. The zero-order valence-corrected chi connectivity index (χ0v) is 13.2. The van der Waals surface area contributed by atoms with Crippen LogP contribution in [-0.2, 0) is 11.8 Å². The molecule has 106 valence electrons. The van der Waals surface area contributed by atoms with Gasteiger partial charge >= 0.3 is 0 Å². The van der Waals surface area contributed by atoms with E-state index in [1.807, 2.05) is 0 Å². The van der Waals surface area contributed by atoms with E-state index in [2.05, 4.69) is 32.2 Å². The second-order valence-corrected chi connectivity index (χ2v) is 7.60. The van der Waals surface area contributed by atoms with Gasteiger partial charge in [0.2, 0.25) is 0 Å². The van der Waals surface area contributed by atoms with Crippen LogP contribution in [0.3, 0.4) is 0 Å². The van der Waals surface area contributed by atoms with Crippen LogP contribution < -0.4 is 5.73 Å². The minimum Gasteiger partial charge on any atom is -0.327 e. The molecule has 2 N–H and O–H groups in total. The van der Waals surface area contributed by atoms with E-state index in [1.54, 1.807) is 16.9 Å². The molecule has 0 saturated heterocycles. The molecule has 0 radical (unpaired) electrons. The number of nitrogens with two attached hydrogens (primary N) is 1. The average Bonchev–Trinajstić information content (AvgIpc) is 2.78. The first-order valence-electron chi connectivity index (χ1n) is 7.33. The van der Waals surface area contributed by atoms with Gasteiger partial charge in [-0.05, 0) is 32.1 Å². The molecule has 2 nitrogen and oxygen atoms in total. The highest BCUT2D eigenvalue weighted by Gasteiger charge is 2.18. The fourth-order valence-corrected chi connectivity index (χ4v) is 3.59. The third-order valence-corrected chi connectivity index (χ3v) is 4.54. The van der Waals surface area contributed by atoms with Gasteiger partial charge in [0.25, 0.3) is 0 Å². The number of nitrogens with zero attached hydrogens (tertiary/aromatic N) is 1. The van der Waals surface area contributed by atoms with Crippen molar-refractivity contribution in [1.29, 1.82) is 0 Å². The zero-order valence-electron chi connectivity index (χ0n) is 12.4. The molecule has 1 unspecified atom stereocenters. The molecule has 2 rings (SSSR count). The summed E-state index contributed by atoms with van der Waals surface area (Å²) in [4.78, 5) is 4.73. The van der Waals surface area contributed by atoms with Gasteiger partial charge in [0.15, 0.2) is 0 Å². The van der Waals surface area contributed by atoms with Crippen LogP contribution in [0.15, 0.2) is 17.0 Å². The molecule has 0 bridgehead atoms. The summed E-state index contributed by atoms with van der Waals surface area (Å²) in [6.07, 6.45) is 9.53. The molecule has 1 aliphatic carbocycles. The number of hydrogen-bond donors (Lipinski definition) is 1. The van der Waals surface area contributed by atoms with Gasteiger partial charge in [-0.1, -0.05) is 32.4 Å². The van der Waals surface area contributed by atoms with Gasteiger partial charge in [0.1, 0.15) is 0 Å². The lowest BCUT2D eigenvalue weighted by Crippen LogP contribution is -2.24. The summed E-state index contributed by atoms with van der Waals surface area (Å²) in [6.45, 7) is 6.62. The van der Waals surface area contributed by atoms with Crippen molar-refractivity contribution in [1.82, 2.24) is 4.98 Å². The van der Waals surface area contributed by atoms with Crippen molar-refractivity contribution in [3.05, 3.63) is 27.7 Å². The van der Waals surface area contributed by atoms with E-state index in [9.17, 15) is 0 Å². The molecule has 1 aliphatic rings. The Morgan fingerprint density at radius 3 is 2.68 bits per heavy atom. The highest BCUT2D eigenvalue weighted by molar-refractivity contribution is 7.09. The van der Waals surface area contributed by atoms with Crippen LogP contribution in [0.25, 0.3) is 0 Å². The summed E-state index contributed by atoms with van der Waals surface area (Å²) in [6, 6.07) is 0.225. The van der Waals surface area contributed by atoms with Gasteiger partial charge in [-0.25, -0.2) is 4.98 Å². The Labute approximate surface area is 121 Å². The Balaban J connectivity index is 1.90. The first-order chi connectivity index (χ1) is 8.95. The molecule has 1 atom stereocenters. The molecule has 0 saturated carbocycles. The molecule has 0 aliphatic heterocycles. The smallest absolute Gasteiger partial charge is 0.0944 e. The largest absolute Gasteiger partial charge is 0.327 e. The predicted octanol–water partition coefficient (Wildman–Crippen LogP) is 4.20. The Hall–Kier alpha value is -0.670. The van der Waals surface area contributed by atoms with E-state index >= 15 is 0 Å². The Bertz CT molecular complexity index is 440. The average molecular weight is 278 g/mol. The molecule has 1 heterocycles. The van der Waals surface area contributed by atoms with Crippen LogP contribution in [0, 0.1) is 0 Å². The van der Waals surface area contributed by atoms with Crippen LogP contribution >= 0.6 is 11.3 Å². The molecule has 19 heavy (non-hydrogen) atoms. The van der Waals surface area contributed by atoms with Crippen LogP contribution in [0.5, 0.6) is 0 Å². The summed E-state index contributed by atoms with van der Waals surface area (Å²) in [5.74, 6) is 0. The molecule has 0 fully saturated rings. The molecule has 0 amide bonds. The van der Waals surface area contributed by atoms with Gasteiger partial charge in [-0.2, -0.15) is 0 Å². The highest BCUT2D eigenvalue weighted by atomic mass is 32.1. The van der Waals surface area contributed by atoms with Gasteiger partial charge in [0, 0.05) is 23.3 Å². The summed E-state index contributed by atoms with van der Waals surface area (Å²) in [7, 11) is 0.